The number of carbonyl (C=O) groups is 1. The van der Waals surface area contributed by atoms with E-state index in [4.69, 9.17) is 9.47 Å². The SMILES string of the molecule is COc1cc(OC)cc(C(=O)Nc2nn3cc(-c4ccccc4)nc3s2)c1. The zero-order chi connectivity index (χ0) is 18.8. The van der Waals surface area contributed by atoms with Crippen LogP contribution in [0.2, 0.25) is 0 Å². The van der Waals surface area contributed by atoms with Crippen LogP contribution >= 0.6 is 11.3 Å². The molecule has 27 heavy (non-hydrogen) atoms. The molecule has 1 N–H and O–H groups in total. The van der Waals surface area contributed by atoms with Crippen molar-refractivity contribution in [2.45, 2.75) is 0 Å². The number of aromatic nitrogens is 3. The first-order chi connectivity index (χ1) is 13.2. The molecule has 0 spiro atoms. The van der Waals surface area contributed by atoms with E-state index in [0.29, 0.717) is 27.2 Å². The van der Waals surface area contributed by atoms with Crippen LogP contribution in [0.15, 0.2) is 54.7 Å². The largest absolute Gasteiger partial charge is 0.497 e. The number of carbonyl (C=O) groups excluding carboxylic acids is 1. The van der Waals surface area contributed by atoms with Crippen LogP contribution in [0.25, 0.3) is 16.2 Å². The van der Waals surface area contributed by atoms with Gasteiger partial charge in [-0.1, -0.05) is 41.7 Å². The van der Waals surface area contributed by atoms with Crippen LogP contribution in [0.4, 0.5) is 5.13 Å². The highest BCUT2D eigenvalue weighted by atomic mass is 32.1. The second kappa shape index (κ2) is 7.08. The molecule has 0 aliphatic heterocycles. The number of hydrogen-bond acceptors (Lipinski definition) is 6. The number of amides is 1. The monoisotopic (exact) mass is 380 g/mol. The van der Waals surface area contributed by atoms with Crippen LogP contribution in [0.3, 0.4) is 0 Å². The smallest absolute Gasteiger partial charge is 0.257 e. The normalized spacial score (nSPS) is 10.7. The molecule has 0 radical (unpaired) electrons. The molecule has 7 nitrogen and oxygen atoms in total. The maximum atomic E-state index is 12.6. The van der Waals surface area contributed by atoms with Gasteiger partial charge < -0.3 is 9.47 Å². The van der Waals surface area contributed by atoms with E-state index < -0.39 is 0 Å². The zero-order valence-corrected chi connectivity index (χ0v) is 15.5. The van der Waals surface area contributed by atoms with Crippen LogP contribution < -0.4 is 14.8 Å². The second-order valence-electron chi connectivity index (χ2n) is 5.68. The highest BCUT2D eigenvalue weighted by Gasteiger charge is 2.14. The lowest BCUT2D eigenvalue weighted by Gasteiger charge is -2.07. The highest BCUT2D eigenvalue weighted by molar-refractivity contribution is 7.20. The fraction of sp³-hybridized carbons (Fsp3) is 0.105. The van der Waals surface area contributed by atoms with Gasteiger partial charge in [-0.15, -0.1) is 5.10 Å². The number of rotatable bonds is 5. The summed E-state index contributed by atoms with van der Waals surface area (Å²) in [7, 11) is 3.08. The third-order valence-electron chi connectivity index (χ3n) is 3.95. The van der Waals surface area contributed by atoms with Crippen LogP contribution in [0.5, 0.6) is 11.5 Å². The van der Waals surface area contributed by atoms with Crippen molar-refractivity contribution in [3.8, 4) is 22.8 Å². The molecule has 0 fully saturated rings. The van der Waals surface area contributed by atoms with Gasteiger partial charge in [-0.2, -0.15) is 0 Å². The summed E-state index contributed by atoms with van der Waals surface area (Å²) in [6.07, 6.45) is 1.84. The molecule has 2 heterocycles. The molecule has 0 aliphatic carbocycles. The number of hydrogen-bond donors (Lipinski definition) is 1. The maximum absolute atomic E-state index is 12.6. The van der Waals surface area contributed by atoms with Crippen molar-refractivity contribution in [2.24, 2.45) is 0 Å². The molecule has 0 unspecified atom stereocenters. The molecule has 8 heteroatoms. The lowest BCUT2D eigenvalue weighted by atomic mass is 10.2. The predicted octanol–water partition coefficient (Wildman–Crippen LogP) is 3.73. The van der Waals surface area contributed by atoms with Gasteiger partial charge in [0.05, 0.1) is 26.1 Å². The average molecular weight is 380 g/mol. The molecule has 1 amide bonds. The fourth-order valence-corrected chi connectivity index (χ4v) is 3.38. The summed E-state index contributed by atoms with van der Waals surface area (Å²) in [4.78, 5) is 17.8. The Balaban J connectivity index is 1.57. The molecule has 0 saturated heterocycles. The lowest BCUT2D eigenvalue weighted by Crippen LogP contribution is -2.12. The topological polar surface area (TPSA) is 77.8 Å². The Hall–Kier alpha value is -3.39. The quantitative estimate of drug-likeness (QED) is 0.571. The number of nitrogens with zero attached hydrogens (tertiary/aromatic N) is 3. The summed E-state index contributed by atoms with van der Waals surface area (Å²) in [5.41, 5.74) is 2.28. The number of methoxy groups -OCH3 is 2. The predicted molar refractivity (Wildman–Crippen MR) is 104 cm³/mol. The van der Waals surface area contributed by atoms with Crippen molar-refractivity contribution in [1.82, 2.24) is 14.6 Å². The van der Waals surface area contributed by atoms with Crippen LogP contribution in [0, 0.1) is 0 Å². The Labute approximate surface area is 159 Å². The standard InChI is InChI=1S/C19H16N4O3S/c1-25-14-8-13(9-15(10-14)26-2)17(24)21-18-22-23-11-16(20-19(23)27-18)12-6-4-3-5-7-12/h3-11H,1-2H3,(H,21,22,24). The van der Waals surface area contributed by atoms with E-state index in [2.05, 4.69) is 15.4 Å². The van der Waals surface area contributed by atoms with Crippen molar-refractivity contribution >= 4 is 27.3 Å². The first-order valence-electron chi connectivity index (χ1n) is 8.12. The second-order valence-corrected chi connectivity index (χ2v) is 6.64. The Morgan fingerprint density at radius 1 is 1.07 bits per heavy atom. The number of ether oxygens (including phenoxy) is 2. The van der Waals surface area contributed by atoms with E-state index in [9.17, 15) is 4.79 Å². The molecule has 0 bridgehead atoms. The molecular formula is C19H16N4O3S. The Kier molecular flexibility index (Phi) is 4.47. The van der Waals surface area contributed by atoms with Crippen molar-refractivity contribution in [3.05, 3.63) is 60.3 Å². The van der Waals surface area contributed by atoms with Crippen LogP contribution in [-0.4, -0.2) is 34.7 Å². The molecule has 0 saturated carbocycles. The Bertz CT molecular complexity index is 1050. The maximum Gasteiger partial charge on any atom is 0.257 e. The number of fused-ring (bicyclic) bond motifs is 1. The molecule has 4 rings (SSSR count). The fourth-order valence-electron chi connectivity index (χ4n) is 2.61. The summed E-state index contributed by atoms with van der Waals surface area (Å²) in [6.45, 7) is 0. The Morgan fingerprint density at radius 2 is 1.78 bits per heavy atom. The van der Waals surface area contributed by atoms with E-state index in [-0.39, 0.29) is 5.91 Å². The van der Waals surface area contributed by atoms with Gasteiger partial charge in [-0.25, -0.2) is 9.50 Å². The summed E-state index contributed by atoms with van der Waals surface area (Å²) in [5.74, 6) is 0.786. The summed E-state index contributed by atoms with van der Waals surface area (Å²) in [5, 5.41) is 7.64. The van der Waals surface area contributed by atoms with E-state index in [1.54, 1.807) is 22.7 Å². The van der Waals surface area contributed by atoms with Crippen molar-refractivity contribution in [2.75, 3.05) is 19.5 Å². The molecule has 2 aromatic heterocycles. The van der Waals surface area contributed by atoms with Crippen LogP contribution in [-0.2, 0) is 0 Å². The summed E-state index contributed by atoms with van der Waals surface area (Å²) in [6, 6.07) is 14.9. The summed E-state index contributed by atoms with van der Waals surface area (Å²) >= 11 is 1.30. The van der Waals surface area contributed by atoms with E-state index in [1.807, 2.05) is 36.5 Å². The van der Waals surface area contributed by atoms with E-state index in [0.717, 1.165) is 11.3 Å². The van der Waals surface area contributed by atoms with Crippen molar-refractivity contribution < 1.29 is 14.3 Å². The van der Waals surface area contributed by atoms with Gasteiger partial charge in [0, 0.05) is 17.2 Å². The van der Waals surface area contributed by atoms with Gasteiger partial charge >= 0.3 is 0 Å². The molecule has 2 aromatic carbocycles. The molecule has 0 atom stereocenters. The number of anilines is 1. The van der Waals surface area contributed by atoms with Gasteiger partial charge in [0.15, 0.2) is 0 Å². The van der Waals surface area contributed by atoms with E-state index >= 15 is 0 Å². The molecule has 136 valence electrons. The molecule has 0 aliphatic rings. The van der Waals surface area contributed by atoms with Gasteiger partial charge in [0.1, 0.15) is 11.5 Å². The molecule has 4 aromatic rings. The number of nitrogens with one attached hydrogen (secondary N) is 1. The Morgan fingerprint density at radius 3 is 2.41 bits per heavy atom. The van der Waals surface area contributed by atoms with E-state index in [1.165, 1.54) is 25.6 Å². The first-order valence-corrected chi connectivity index (χ1v) is 8.94. The van der Waals surface area contributed by atoms with Gasteiger partial charge in [-0.3, -0.25) is 10.1 Å². The summed E-state index contributed by atoms with van der Waals surface area (Å²) < 4.78 is 12.1. The highest BCUT2D eigenvalue weighted by Crippen LogP contribution is 2.26. The minimum Gasteiger partial charge on any atom is -0.497 e. The van der Waals surface area contributed by atoms with Gasteiger partial charge in [0.2, 0.25) is 10.1 Å². The number of benzene rings is 2. The minimum absolute atomic E-state index is 0.299. The van der Waals surface area contributed by atoms with Crippen LogP contribution in [0.1, 0.15) is 10.4 Å². The van der Waals surface area contributed by atoms with Crippen molar-refractivity contribution in [1.29, 1.82) is 0 Å². The average Bonchev–Trinajstić information content (AvgIpc) is 3.26. The third-order valence-corrected chi connectivity index (χ3v) is 4.78. The van der Waals surface area contributed by atoms with Gasteiger partial charge in [0.25, 0.3) is 5.91 Å². The zero-order valence-electron chi connectivity index (χ0n) is 14.7. The number of imidazole rings is 1. The van der Waals surface area contributed by atoms with Crippen molar-refractivity contribution in [3.63, 3.8) is 0 Å². The minimum atomic E-state index is -0.299. The lowest BCUT2D eigenvalue weighted by molar-refractivity contribution is 0.102. The first kappa shape index (κ1) is 17.0. The molecular weight excluding hydrogens is 364 g/mol. The van der Waals surface area contributed by atoms with Gasteiger partial charge in [-0.05, 0) is 12.1 Å². The third kappa shape index (κ3) is 3.47.